The largest absolute Gasteiger partial charge is 0.458 e. The number of hydrogen-bond donors (Lipinski definition) is 0. The van der Waals surface area contributed by atoms with E-state index in [-0.39, 0.29) is 13.4 Å². The van der Waals surface area contributed by atoms with E-state index in [1.807, 2.05) is 0 Å². The van der Waals surface area contributed by atoms with Crippen molar-refractivity contribution in [3.8, 4) is 89.8 Å². The highest BCUT2D eigenvalue weighted by atomic mass is 16.5. The average Bonchev–Trinajstić information content (AvgIpc) is 3.59. The predicted octanol–water partition coefficient (Wildman–Crippen LogP) is 14.3. The van der Waals surface area contributed by atoms with Gasteiger partial charge < -0.3 is 9.47 Å². The molecule has 4 aliphatic rings. The Hall–Kier alpha value is -8.59. The molecule has 0 bridgehead atoms. The Morgan fingerprint density at radius 1 is 0.284 bits per heavy atom. The third kappa shape index (κ3) is 5.63. The Kier molecular flexibility index (Phi) is 8.51. The topological polar surface area (TPSA) is 18.5 Å². The molecular weight excluding hydrogens is 894 g/mol. The molecule has 12 aromatic rings. The summed E-state index contributed by atoms with van der Waals surface area (Å²) in [5.41, 5.74) is 30.1. The van der Waals surface area contributed by atoms with Gasteiger partial charge in [0, 0.05) is 0 Å². The molecule has 0 unspecified atom stereocenters. The second-order valence-corrected chi connectivity index (χ2v) is 21.8. The van der Waals surface area contributed by atoms with E-state index < -0.39 is 0 Å². The number of hydrogen-bond acceptors (Lipinski definition) is 2. The molecule has 74 heavy (non-hydrogen) atoms. The van der Waals surface area contributed by atoms with Crippen molar-refractivity contribution in [2.75, 3.05) is 0 Å². The Balaban J connectivity index is 1.16. The summed E-state index contributed by atoms with van der Waals surface area (Å²) < 4.78 is 14.2. The molecule has 0 aliphatic carbocycles. The monoisotopic (exact) mass is 942 g/mol. The van der Waals surface area contributed by atoms with Crippen LogP contribution in [0.3, 0.4) is 0 Å². The summed E-state index contributed by atoms with van der Waals surface area (Å²) in [6.07, 6.45) is 0. The fraction of sp³-hybridized carbons (Fsp3) is 0.0857. The van der Waals surface area contributed by atoms with Crippen molar-refractivity contribution in [3.05, 3.63) is 215 Å². The molecule has 2 nitrogen and oxygen atoms in total. The minimum absolute atomic E-state index is 0.0539. The van der Waals surface area contributed by atoms with E-state index in [1.165, 1.54) is 154 Å². The van der Waals surface area contributed by atoms with Gasteiger partial charge in [0.05, 0.1) is 0 Å². The van der Waals surface area contributed by atoms with E-state index >= 15 is 0 Å². The normalized spacial score (nSPS) is 13.2. The lowest BCUT2D eigenvalue weighted by Crippen LogP contribution is -2.58. The van der Waals surface area contributed by atoms with Crippen LogP contribution in [0, 0.1) is 41.5 Å². The van der Waals surface area contributed by atoms with Gasteiger partial charge in [-0.25, -0.2) is 0 Å². The van der Waals surface area contributed by atoms with Crippen LogP contribution in [0.15, 0.2) is 182 Å². The molecule has 0 N–H and O–H groups in total. The van der Waals surface area contributed by atoms with Gasteiger partial charge in [0.15, 0.2) is 0 Å². The summed E-state index contributed by atoms with van der Waals surface area (Å²) in [4.78, 5) is 0. The standard InChI is InChI=1S/C70H48B2O2/c1-37-25-39(3)63(40(4)26-37)47-33-49-53-29-45(43-17-9-7-10-18-43)31-61-69(53)72(56-22-14-16-24-60(56)73-61)58-36-52-48(64-41(5)27-38(2)28-42(64)6)34-50-54-30-46(44-19-11-8-12-20-44)32-62-70(54)71(55-21-13-15-23-59(55)74-62)57-35-51(47)67(65(49)58)68(52)66(50)57/h7-36H,1-6H3. The van der Waals surface area contributed by atoms with E-state index in [0.29, 0.717) is 0 Å². The van der Waals surface area contributed by atoms with Gasteiger partial charge in [-0.15, -0.1) is 0 Å². The number of aryl methyl sites for hydroxylation is 6. The number of benzene rings is 12. The molecular formula is C70H48B2O2. The minimum atomic E-state index is -0.0539. The molecule has 0 radical (unpaired) electrons. The van der Waals surface area contributed by atoms with Crippen LogP contribution in [0.1, 0.15) is 33.4 Å². The maximum atomic E-state index is 7.12. The average molecular weight is 943 g/mol. The zero-order valence-corrected chi connectivity index (χ0v) is 42.3. The predicted molar refractivity (Wildman–Crippen MR) is 314 cm³/mol. The van der Waals surface area contributed by atoms with Gasteiger partial charge in [-0.3, -0.25) is 0 Å². The third-order valence-electron chi connectivity index (χ3n) is 17.2. The summed E-state index contributed by atoms with van der Waals surface area (Å²) in [5.74, 6) is 3.71. The van der Waals surface area contributed by atoms with Gasteiger partial charge in [0.25, 0.3) is 13.4 Å². The van der Waals surface area contributed by atoms with Gasteiger partial charge in [0.2, 0.25) is 0 Å². The molecule has 0 amide bonds. The lowest BCUT2D eigenvalue weighted by molar-refractivity contribution is 0.487. The molecule has 0 fully saturated rings. The second-order valence-electron chi connectivity index (χ2n) is 21.8. The van der Waals surface area contributed by atoms with Crippen molar-refractivity contribution in [1.29, 1.82) is 0 Å². The lowest BCUT2D eigenvalue weighted by atomic mass is 9.31. The molecule has 0 aromatic heterocycles. The van der Waals surface area contributed by atoms with Crippen LogP contribution < -0.4 is 42.3 Å². The fourth-order valence-electron chi connectivity index (χ4n) is 14.7. The number of para-hydroxylation sites is 2. The quantitative estimate of drug-likeness (QED) is 0.129. The first-order chi connectivity index (χ1) is 36.2. The summed E-state index contributed by atoms with van der Waals surface area (Å²) >= 11 is 0. The SMILES string of the molecule is Cc1cc(C)c(-c2cc3c4c(cc5c(-c6c(C)cc(C)cc6C)cc6c7c(cc2c4c57)B2c4ccccc4Oc4cc(-c5ccccc5)cc-6c42)B2c4ccccc4Oc4cc(-c5ccccc5)cc-3c42)c(C)c1. The Morgan fingerprint density at radius 3 is 1.07 bits per heavy atom. The van der Waals surface area contributed by atoms with E-state index in [2.05, 4.69) is 224 Å². The number of fused-ring (bicyclic) bond motifs is 8. The van der Waals surface area contributed by atoms with Crippen molar-refractivity contribution in [3.63, 3.8) is 0 Å². The first kappa shape index (κ1) is 42.0. The molecule has 12 aromatic carbocycles. The van der Waals surface area contributed by atoms with Gasteiger partial charge in [-0.2, -0.15) is 0 Å². The number of ether oxygens (including phenoxy) is 2. The Bertz CT molecular complexity index is 4160. The zero-order valence-electron chi connectivity index (χ0n) is 42.3. The van der Waals surface area contributed by atoms with Crippen LogP contribution in [0.5, 0.6) is 23.0 Å². The third-order valence-corrected chi connectivity index (χ3v) is 17.2. The fourth-order valence-corrected chi connectivity index (χ4v) is 14.7. The summed E-state index contributed by atoms with van der Waals surface area (Å²) in [6, 6.07) is 68.7. The number of rotatable bonds is 4. The summed E-state index contributed by atoms with van der Waals surface area (Å²) in [6.45, 7) is 13.6. The van der Waals surface area contributed by atoms with E-state index in [1.54, 1.807) is 0 Å². The van der Waals surface area contributed by atoms with E-state index in [4.69, 9.17) is 9.47 Å². The smallest absolute Gasteiger partial charge is 0.252 e. The van der Waals surface area contributed by atoms with Crippen molar-refractivity contribution < 1.29 is 9.47 Å². The van der Waals surface area contributed by atoms with Gasteiger partial charge in [-0.05, 0) is 233 Å². The summed E-state index contributed by atoms with van der Waals surface area (Å²) in [5, 5.41) is 7.97. The van der Waals surface area contributed by atoms with E-state index in [9.17, 15) is 0 Å². The van der Waals surface area contributed by atoms with Crippen LogP contribution in [0.4, 0.5) is 0 Å². The highest BCUT2D eigenvalue weighted by Gasteiger charge is 2.44. The Labute approximate surface area is 432 Å². The molecule has 346 valence electrons. The van der Waals surface area contributed by atoms with Gasteiger partial charge >= 0.3 is 0 Å². The van der Waals surface area contributed by atoms with Crippen LogP contribution >= 0.6 is 0 Å². The van der Waals surface area contributed by atoms with E-state index in [0.717, 1.165) is 34.1 Å². The highest BCUT2D eigenvalue weighted by Crippen LogP contribution is 2.53. The van der Waals surface area contributed by atoms with Crippen LogP contribution in [-0.4, -0.2) is 13.4 Å². The maximum Gasteiger partial charge on any atom is 0.252 e. The van der Waals surface area contributed by atoms with Gasteiger partial charge in [-0.1, -0.05) is 156 Å². The van der Waals surface area contributed by atoms with Crippen molar-refractivity contribution >= 4 is 78.5 Å². The molecule has 0 saturated carbocycles. The molecule has 4 aliphatic heterocycles. The van der Waals surface area contributed by atoms with Crippen molar-refractivity contribution in [2.24, 2.45) is 0 Å². The molecule has 0 spiro atoms. The molecule has 4 heteroatoms. The molecule has 16 rings (SSSR count). The summed E-state index contributed by atoms with van der Waals surface area (Å²) in [7, 11) is 0. The van der Waals surface area contributed by atoms with Crippen LogP contribution in [0.2, 0.25) is 0 Å². The van der Waals surface area contributed by atoms with Crippen LogP contribution in [0.25, 0.3) is 99.1 Å². The first-order valence-electron chi connectivity index (χ1n) is 26.2. The zero-order chi connectivity index (χ0) is 49.4. The van der Waals surface area contributed by atoms with Crippen molar-refractivity contribution in [2.45, 2.75) is 41.5 Å². The minimum Gasteiger partial charge on any atom is -0.458 e. The second kappa shape index (κ2) is 15.0. The molecule has 0 atom stereocenters. The van der Waals surface area contributed by atoms with Crippen molar-refractivity contribution in [1.82, 2.24) is 0 Å². The maximum absolute atomic E-state index is 7.12. The molecule has 0 saturated heterocycles. The van der Waals surface area contributed by atoms with Gasteiger partial charge in [0.1, 0.15) is 23.0 Å². The Morgan fingerprint density at radius 2 is 0.662 bits per heavy atom. The molecule has 4 heterocycles. The highest BCUT2D eigenvalue weighted by molar-refractivity contribution is 7.01. The lowest BCUT2D eigenvalue weighted by Gasteiger charge is -2.38. The first-order valence-corrected chi connectivity index (χ1v) is 26.2. The van der Waals surface area contributed by atoms with Crippen LogP contribution in [-0.2, 0) is 0 Å².